The first-order chi connectivity index (χ1) is 5.74. The van der Waals surface area contributed by atoms with E-state index in [1.54, 1.807) is 24.3 Å². The fourth-order valence-electron chi connectivity index (χ4n) is 0.974. The first kappa shape index (κ1) is 9.52. The van der Waals surface area contributed by atoms with Crippen molar-refractivity contribution in [2.24, 2.45) is 0 Å². The van der Waals surface area contributed by atoms with Crippen LogP contribution in [0.1, 0.15) is 18.1 Å². The molecule has 0 radical (unpaired) electrons. The minimum atomic E-state index is -0.590. The standard InChI is InChI=1S/C9H11ClO2/c10-8-3-1-7(2-4-8)9(12)5-6-11/h1-4,9,11-12H,5-6H2/t9-/m0/s1. The summed E-state index contributed by atoms with van der Waals surface area (Å²) in [6.07, 6.45) is -0.228. The number of hydrogen-bond donors (Lipinski definition) is 2. The Balaban J connectivity index is 2.68. The third-order valence-corrected chi connectivity index (χ3v) is 1.91. The van der Waals surface area contributed by atoms with Crippen molar-refractivity contribution in [3.05, 3.63) is 34.9 Å². The molecule has 0 fully saturated rings. The minimum Gasteiger partial charge on any atom is -0.396 e. The molecule has 66 valence electrons. The van der Waals surface area contributed by atoms with Gasteiger partial charge in [-0.05, 0) is 17.7 Å². The van der Waals surface area contributed by atoms with Crippen molar-refractivity contribution in [2.75, 3.05) is 6.61 Å². The molecule has 0 heterocycles. The average molecular weight is 187 g/mol. The second-order valence-corrected chi connectivity index (χ2v) is 3.02. The van der Waals surface area contributed by atoms with E-state index in [0.29, 0.717) is 11.4 Å². The maximum absolute atomic E-state index is 9.41. The third-order valence-electron chi connectivity index (χ3n) is 1.66. The molecule has 0 aliphatic carbocycles. The summed E-state index contributed by atoms with van der Waals surface area (Å²) in [6.45, 7) is -0.0101. The maximum Gasteiger partial charge on any atom is 0.0811 e. The molecule has 1 atom stereocenters. The number of halogens is 1. The summed E-state index contributed by atoms with van der Waals surface area (Å²) in [4.78, 5) is 0. The molecule has 0 bridgehead atoms. The van der Waals surface area contributed by atoms with Gasteiger partial charge in [-0.15, -0.1) is 0 Å². The zero-order valence-corrected chi connectivity index (χ0v) is 7.33. The van der Waals surface area contributed by atoms with Crippen LogP contribution in [0.15, 0.2) is 24.3 Å². The molecule has 0 unspecified atom stereocenters. The molecule has 1 aromatic rings. The van der Waals surface area contributed by atoms with Crippen LogP contribution in [0.2, 0.25) is 5.02 Å². The van der Waals surface area contributed by atoms with E-state index in [4.69, 9.17) is 16.7 Å². The molecule has 1 rings (SSSR count). The second-order valence-electron chi connectivity index (χ2n) is 2.58. The van der Waals surface area contributed by atoms with Crippen molar-refractivity contribution in [1.29, 1.82) is 0 Å². The second kappa shape index (κ2) is 4.45. The van der Waals surface area contributed by atoms with Crippen molar-refractivity contribution >= 4 is 11.6 Å². The van der Waals surface area contributed by atoms with E-state index in [1.165, 1.54) is 0 Å². The highest BCUT2D eigenvalue weighted by Gasteiger charge is 2.05. The van der Waals surface area contributed by atoms with Crippen LogP contribution in [-0.2, 0) is 0 Å². The van der Waals surface area contributed by atoms with E-state index >= 15 is 0 Å². The predicted octanol–water partition coefficient (Wildman–Crippen LogP) is 1.76. The molecule has 12 heavy (non-hydrogen) atoms. The lowest BCUT2D eigenvalue weighted by Crippen LogP contribution is -1.99. The summed E-state index contributed by atoms with van der Waals surface area (Å²) in [7, 11) is 0. The first-order valence-corrected chi connectivity index (χ1v) is 4.16. The molecule has 0 spiro atoms. The lowest BCUT2D eigenvalue weighted by Gasteiger charge is -2.08. The molecule has 0 saturated carbocycles. The van der Waals surface area contributed by atoms with E-state index in [9.17, 15) is 5.11 Å². The summed E-state index contributed by atoms with van der Waals surface area (Å²) >= 11 is 5.66. The number of hydrogen-bond acceptors (Lipinski definition) is 2. The van der Waals surface area contributed by atoms with Gasteiger partial charge in [0, 0.05) is 18.1 Å². The highest BCUT2D eigenvalue weighted by Crippen LogP contribution is 2.18. The Kier molecular flexibility index (Phi) is 3.53. The summed E-state index contributed by atoms with van der Waals surface area (Å²) in [5.74, 6) is 0. The van der Waals surface area contributed by atoms with Crippen LogP contribution in [0.3, 0.4) is 0 Å². The summed E-state index contributed by atoms with van der Waals surface area (Å²) in [5, 5.41) is 18.6. The molecular weight excluding hydrogens is 176 g/mol. The lowest BCUT2D eigenvalue weighted by atomic mass is 10.1. The van der Waals surface area contributed by atoms with Gasteiger partial charge in [-0.2, -0.15) is 0 Å². The monoisotopic (exact) mass is 186 g/mol. The van der Waals surface area contributed by atoms with Gasteiger partial charge in [-0.25, -0.2) is 0 Å². The SMILES string of the molecule is OCC[C@H](O)c1ccc(Cl)cc1. The number of aliphatic hydroxyl groups is 2. The Morgan fingerprint density at radius 1 is 1.25 bits per heavy atom. The van der Waals surface area contributed by atoms with Crippen molar-refractivity contribution in [3.63, 3.8) is 0 Å². The Bertz CT molecular complexity index is 233. The minimum absolute atomic E-state index is 0.0101. The smallest absolute Gasteiger partial charge is 0.0811 e. The van der Waals surface area contributed by atoms with Gasteiger partial charge in [0.1, 0.15) is 0 Å². The van der Waals surface area contributed by atoms with Gasteiger partial charge in [-0.3, -0.25) is 0 Å². The zero-order valence-electron chi connectivity index (χ0n) is 6.57. The fourth-order valence-corrected chi connectivity index (χ4v) is 1.10. The molecule has 0 aliphatic rings. The van der Waals surface area contributed by atoms with Gasteiger partial charge < -0.3 is 10.2 Å². The largest absolute Gasteiger partial charge is 0.396 e. The summed E-state index contributed by atoms with van der Waals surface area (Å²) < 4.78 is 0. The topological polar surface area (TPSA) is 40.5 Å². The van der Waals surface area contributed by atoms with E-state index in [1.807, 2.05) is 0 Å². The van der Waals surface area contributed by atoms with Crippen LogP contribution in [0.5, 0.6) is 0 Å². The number of benzene rings is 1. The predicted molar refractivity (Wildman–Crippen MR) is 48.1 cm³/mol. The Morgan fingerprint density at radius 2 is 1.83 bits per heavy atom. The van der Waals surface area contributed by atoms with Gasteiger partial charge in [0.2, 0.25) is 0 Å². The van der Waals surface area contributed by atoms with Crippen molar-refractivity contribution in [2.45, 2.75) is 12.5 Å². The number of rotatable bonds is 3. The third kappa shape index (κ3) is 2.48. The summed E-state index contributed by atoms with van der Waals surface area (Å²) in [6, 6.07) is 6.94. The molecule has 0 aliphatic heterocycles. The van der Waals surface area contributed by atoms with E-state index in [-0.39, 0.29) is 6.61 Å². The van der Waals surface area contributed by atoms with Crippen molar-refractivity contribution in [1.82, 2.24) is 0 Å². The zero-order chi connectivity index (χ0) is 8.97. The molecule has 0 saturated heterocycles. The molecule has 0 amide bonds. The average Bonchev–Trinajstić information content (AvgIpc) is 2.06. The molecule has 2 nitrogen and oxygen atoms in total. The van der Waals surface area contributed by atoms with E-state index in [2.05, 4.69) is 0 Å². The molecule has 3 heteroatoms. The van der Waals surface area contributed by atoms with Crippen LogP contribution < -0.4 is 0 Å². The highest BCUT2D eigenvalue weighted by atomic mass is 35.5. The van der Waals surface area contributed by atoms with Crippen LogP contribution in [-0.4, -0.2) is 16.8 Å². The summed E-state index contributed by atoms with van der Waals surface area (Å²) in [5.41, 5.74) is 0.786. The molecule has 1 aromatic carbocycles. The van der Waals surface area contributed by atoms with Gasteiger partial charge in [0.25, 0.3) is 0 Å². The van der Waals surface area contributed by atoms with Crippen molar-refractivity contribution in [3.8, 4) is 0 Å². The van der Waals surface area contributed by atoms with Gasteiger partial charge in [0.05, 0.1) is 6.10 Å². The Labute approximate surface area is 76.4 Å². The molecule has 0 aromatic heterocycles. The first-order valence-electron chi connectivity index (χ1n) is 3.78. The van der Waals surface area contributed by atoms with E-state index in [0.717, 1.165) is 5.56 Å². The van der Waals surface area contributed by atoms with Gasteiger partial charge >= 0.3 is 0 Å². The Morgan fingerprint density at radius 3 is 2.33 bits per heavy atom. The van der Waals surface area contributed by atoms with Crippen LogP contribution in [0.25, 0.3) is 0 Å². The van der Waals surface area contributed by atoms with Crippen LogP contribution in [0, 0.1) is 0 Å². The molecular formula is C9H11ClO2. The van der Waals surface area contributed by atoms with Crippen molar-refractivity contribution < 1.29 is 10.2 Å². The van der Waals surface area contributed by atoms with E-state index < -0.39 is 6.10 Å². The Hall–Kier alpha value is -0.570. The van der Waals surface area contributed by atoms with Gasteiger partial charge in [-0.1, -0.05) is 23.7 Å². The molecule has 2 N–H and O–H groups in total. The quantitative estimate of drug-likeness (QED) is 0.755. The lowest BCUT2D eigenvalue weighted by molar-refractivity contribution is 0.134. The number of aliphatic hydroxyl groups excluding tert-OH is 2. The highest BCUT2D eigenvalue weighted by molar-refractivity contribution is 6.30. The van der Waals surface area contributed by atoms with Crippen LogP contribution >= 0.6 is 11.6 Å². The normalized spacial score (nSPS) is 12.9. The van der Waals surface area contributed by atoms with Crippen LogP contribution in [0.4, 0.5) is 0 Å². The maximum atomic E-state index is 9.41. The van der Waals surface area contributed by atoms with Gasteiger partial charge in [0.15, 0.2) is 0 Å². The fraction of sp³-hybridized carbons (Fsp3) is 0.333.